The van der Waals surface area contributed by atoms with E-state index < -0.39 is 12.0 Å². The first kappa shape index (κ1) is 15.7. The third-order valence-corrected chi connectivity index (χ3v) is 3.66. The van der Waals surface area contributed by atoms with Crippen molar-refractivity contribution < 1.29 is 24.1 Å². The van der Waals surface area contributed by atoms with E-state index in [0.29, 0.717) is 28.8 Å². The summed E-state index contributed by atoms with van der Waals surface area (Å²) in [5, 5.41) is 18.0. The van der Waals surface area contributed by atoms with Gasteiger partial charge in [0.05, 0.1) is 33.0 Å². The first-order valence-corrected chi connectivity index (χ1v) is 6.98. The van der Waals surface area contributed by atoms with Crippen LogP contribution in [0.15, 0.2) is 30.2 Å². The minimum Gasteiger partial charge on any atom is -0.543 e. The predicted molar refractivity (Wildman–Crippen MR) is 81.0 cm³/mol. The number of methoxy groups -OCH3 is 3. The Morgan fingerprint density at radius 1 is 1.21 bits per heavy atom. The van der Waals surface area contributed by atoms with Gasteiger partial charge in [0.15, 0.2) is 11.5 Å². The summed E-state index contributed by atoms with van der Waals surface area (Å²) in [4.78, 5) is 15.2. The molecule has 1 aliphatic heterocycles. The minimum absolute atomic E-state index is 0.0887. The molecule has 0 unspecified atom stereocenters. The molecule has 0 spiro atoms. The number of aliphatic carboxylic acids is 1. The number of nitrogens with one attached hydrogen (secondary N) is 1. The van der Waals surface area contributed by atoms with E-state index >= 15 is 0 Å². The molecular weight excluding hydrogens is 316 g/mol. The van der Waals surface area contributed by atoms with Crippen LogP contribution in [0.25, 0.3) is 0 Å². The second-order valence-electron chi connectivity index (χ2n) is 4.92. The van der Waals surface area contributed by atoms with Gasteiger partial charge in [0.1, 0.15) is 12.4 Å². The Kier molecular flexibility index (Phi) is 3.98. The second kappa shape index (κ2) is 6.11. The summed E-state index contributed by atoms with van der Waals surface area (Å²) in [6.45, 7) is 0. The number of hydrogen-bond donors (Lipinski definition) is 1. The fraction of sp³-hybridized carbons (Fsp3) is 0.267. The number of benzene rings is 1. The van der Waals surface area contributed by atoms with Crippen molar-refractivity contribution in [3.8, 4) is 17.2 Å². The van der Waals surface area contributed by atoms with E-state index in [0.717, 1.165) is 0 Å². The zero-order valence-electron chi connectivity index (χ0n) is 13.3. The van der Waals surface area contributed by atoms with Crippen molar-refractivity contribution in [3.05, 3.63) is 35.8 Å². The standard InChI is InChI=1S/C15H16N4O5/c1-22-11-4-8(5-12(23-2)13(11)24-3)10-6-9(14(20)21)18-15-16-7-17-19(10)15/h4-7,10H,1-3H3,(H,20,21)(H,16,17,18)/p-1/t10-/m0/s1. The number of nitrogens with zero attached hydrogens (tertiary/aromatic N) is 3. The van der Waals surface area contributed by atoms with E-state index in [9.17, 15) is 9.90 Å². The number of anilines is 1. The molecule has 2 aromatic rings. The Hall–Kier alpha value is -3.23. The zero-order chi connectivity index (χ0) is 17.3. The van der Waals surface area contributed by atoms with Gasteiger partial charge >= 0.3 is 0 Å². The Labute approximate surface area is 137 Å². The lowest BCUT2D eigenvalue weighted by Gasteiger charge is -2.25. The van der Waals surface area contributed by atoms with Crippen LogP contribution in [0.1, 0.15) is 11.6 Å². The molecule has 2 heterocycles. The van der Waals surface area contributed by atoms with Gasteiger partial charge in [-0.2, -0.15) is 10.1 Å². The smallest absolute Gasteiger partial charge is 0.226 e. The number of carbonyl (C=O) groups is 1. The summed E-state index contributed by atoms with van der Waals surface area (Å²) in [7, 11) is 4.52. The Balaban J connectivity index is 2.16. The van der Waals surface area contributed by atoms with Crippen LogP contribution in [0, 0.1) is 0 Å². The van der Waals surface area contributed by atoms with Crippen molar-refractivity contribution in [1.82, 2.24) is 14.8 Å². The lowest BCUT2D eigenvalue weighted by molar-refractivity contribution is -0.299. The van der Waals surface area contributed by atoms with E-state index in [-0.39, 0.29) is 5.70 Å². The highest BCUT2D eigenvalue weighted by Crippen LogP contribution is 2.41. The Bertz CT molecular complexity index is 789. The molecule has 1 aliphatic rings. The van der Waals surface area contributed by atoms with Crippen molar-refractivity contribution in [2.24, 2.45) is 0 Å². The van der Waals surface area contributed by atoms with Gasteiger partial charge < -0.3 is 29.4 Å². The summed E-state index contributed by atoms with van der Waals surface area (Å²) in [5.74, 6) is 0.323. The maximum atomic E-state index is 11.2. The number of rotatable bonds is 5. The highest BCUT2D eigenvalue weighted by Gasteiger charge is 2.25. The van der Waals surface area contributed by atoms with Gasteiger partial charge in [-0.3, -0.25) is 0 Å². The molecule has 0 saturated carbocycles. The van der Waals surface area contributed by atoms with Crippen molar-refractivity contribution in [2.45, 2.75) is 6.04 Å². The van der Waals surface area contributed by atoms with E-state index in [1.165, 1.54) is 33.7 Å². The largest absolute Gasteiger partial charge is 0.543 e. The summed E-state index contributed by atoms with van der Waals surface area (Å²) in [6.07, 6.45) is 2.82. The highest BCUT2D eigenvalue weighted by atomic mass is 16.5. The van der Waals surface area contributed by atoms with Crippen LogP contribution in [0.4, 0.5) is 5.95 Å². The quantitative estimate of drug-likeness (QED) is 0.812. The third-order valence-electron chi connectivity index (χ3n) is 3.66. The molecule has 0 radical (unpaired) electrons. The third kappa shape index (κ3) is 2.49. The molecule has 0 amide bonds. The molecule has 1 aromatic carbocycles. The van der Waals surface area contributed by atoms with E-state index in [1.807, 2.05) is 0 Å². The van der Waals surface area contributed by atoms with Crippen molar-refractivity contribution >= 4 is 11.9 Å². The number of ether oxygens (including phenoxy) is 3. The van der Waals surface area contributed by atoms with Gasteiger partial charge in [-0.25, -0.2) is 4.68 Å². The van der Waals surface area contributed by atoms with E-state index in [4.69, 9.17) is 14.2 Å². The number of carboxylic acid groups (broad SMARTS) is 1. The molecule has 9 nitrogen and oxygen atoms in total. The van der Waals surface area contributed by atoms with Gasteiger partial charge in [0.2, 0.25) is 11.7 Å². The molecule has 3 rings (SSSR count). The maximum Gasteiger partial charge on any atom is 0.226 e. The summed E-state index contributed by atoms with van der Waals surface area (Å²) < 4.78 is 17.5. The number of aromatic nitrogens is 3. The molecule has 1 N–H and O–H groups in total. The first-order chi connectivity index (χ1) is 11.6. The normalized spacial score (nSPS) is 15.8. The summed E-state index contributed by atoms with van der Waals surface area (Å²) in [6, 6.07) is 2.93. The summed E-state index contributed by atoms with van der Waals surface area (Å²) in [5.41, 5.74) is 0.603. The van der Waals surface area contributed by atoms with Crippen LogP contribution in [0.5, 0.6) is 17.2 Å². The fourth-order valence-electron chi connectivity index (χ4n) is 2.56. The summed E-state index contributed by atoms with van der Waals surface area (Å²) >= 11 is 0. The van der Waals surface area contributed by atoms with Gasteiger partial charge in [-0.1, -0.05) is 0 Å². The predicted octanol–water partition coefficient (Wildman–Crippen LogP) is -0.0474. The lowest BCUT2D eigenvalue weighted by Crippen LogP contribution is -2.32. The van der Waals surface area contributed by atoms with Crippen LogP contribution in [-0.4, -0.2) is 42.1 Å². The van der Waals surface area contributed by atoms with E-state index in [1.54, 1.807) is 16.8 Å². The number of allylic oxidation sites excluding steroid dienone is 1. The Morgan fingerprint density at radius 2 is 1.88 bits per heavy atom. The molecule has 0 aliphatic carbocycles. The fourth-order valence-corrected chi connectivity index (χ4v) is 2.56. The van der Waals surface area contributed by atoms with Gasteiger partial charge in [-0.05, 0) is 23.8 Å². The second-order valence-corrected chi connectivity index (χ2v) is 4.92. The topological polar surface area (TPSA) is 111 Å². The number of hydrogen-bond acceptors (Lipinski definition) is 8. The number of carbonyl (C=O) groups excluding carboxylic acids is 1. The SMILES string of the molecule is COc1cc([C@@H]2C=C(C(=O)[O-])Nc3ncnn32)cc(OC)c1OC. The van der Waals surface area contributed by atoms with Crippen LogP contribution in [-0.2, 0) is 4.79 Å². The average Bonchev–Trinajstić information content (AvgIpc) is 3.07. The molecule has 24 heavy (non-hydrogen) atoms. The molecule has 1 aromatic heterocycles. The molecule has 126 valence electrons. The average molecular weight is 331 g/mol. The van der Waals surface area contributed by atoms with Gasteiger partial charge in [0.25, 0.3) is 0 Å². The van der Waals surface area contributed by atoms with Crippen LogP contribution in [0.3, 0.4) is 0 Å². The minimum atomic E-state index is -1.33. The van der Waals surface area contributed by atoms with Crippen LogP contribution < -0.4 is 24.6 Å². The van der Waals surface area contributed by atoms with E-state index in [2.05, 4.69) is 15.4 Å². The molecule has 0 fully saturated rings. The van der Waals surface area contributed by atoms with Crippen molar-refractivity contribution in [3.63, 3.8) is 0 Å². The van der Waals surface area contributed by atoms with Gasteiger partial charge in [-0.15, -0.1) is 0 Å². The van der Waals surface area contributed by atoms with Crippen LogP contribution in [0.2, 0.25) is 0 Å². The first-order valence-electron chi connectivity index (χ1n) is 6.98. The highest BCUT2D eigenvalue weighted by molar-refractivity contribution is 5.88. The molecule has 0 bridgehead atoms. The van der Waals surface area contributed by atoms with Crippen molar-refractivity contribution in [1.29, 1.82) is 0 Å². The monoisotopic (exact) mass is 331 g/mol. The molecule has 1 atom stereocenters. The molecule has 0 saturated heterocycles. The van der Waals surface area contributed by atoms with Crippen LogP contribution >= 0.6 is 0 Å². The van der Waals surface area contributed by atoms with Crippen molar-refractivity contribution in [2.75, 3.05) is 26.6 Å². The number of carboxylic acids is 1. The Morgan fingerprint density at radius 3 is 2.42 bits per heavy atom. The van der Waals surface area contributed by atoms with Gasteiger partial charge in [0, 0.05) is 0 Å². The zero-order valence-corrected chi connectivity index (χ0v) is 13.3. The molecular formula is C15H15N4O5-. The molecule has 9 heteroatoms. The maximum absolute atomic E-state index is 11.2. The lowest BCUT2D eigenvalue weighted by atomic mass is 10.0. The number of fused-ring (bicyclic) bond motifs is 1.